The monoisotopic (exact) mass is 393 g/mol. The fourth-order valence-electron chi connectivity index (χ4n) is 3.79. The summed E-state index contributed by atoms with van der Waals surface area (Å²) in [5.74, 6) is -1.49. The van der Waals surface area contributed by atoms with E-state index in [2.05, 4.69) is 5.32 Å². The van der Waals surface area contributed by atoms with Crippen LogP contribution in [0.3, 0.4) is 0 Å². The molecule has 8 nitrogen and oxygen atoms in total. The zero-order chi connectivity index (χ0) is 19.9. The first-order valence-electron chi connectivity index (χ1n) is 9.53. The fraction of sp³-hybridized carbons (Fsp3) is 0.650. The minimum absolute atomic E-state index is 0.179. The highest BCUT2D eigenvalue weighted by Crippen LogP contribution is 2.40. The molecule has 0 unspecified atom stereocenters. The number of carbonyl (C=O) groups is 1. The third-order valence-electron chi connectivity index (χ3n) is 4.98. The highest BCUT2D eigenvalue weighted by Gasteiger charge is 2.58. The standard InChI is InChI=1S/C20H27NO7/c1-19(2)24-11-13(26-19)15-14(16-17(25-15)28-20(3,4)27-16)21-18(22)23-10-12-8-6-5-7-9-12/h5-9,13-17H,10-11H2,1-4H3,(H,21,22)/t13-,14-,15-,16+,17-/m0/s1. The molecule has 8 heteroatoms. The predicted octanol–water partition coefficient (Wildman–Crippen LogP) is 2.31. The van der Waals surface area contributed by atoms with E-state index in [1.807, 2.05) is 58.0 Å². The summed E-state index contributed by atoms with van der Waals surface area (Å²) in [5, 5.41) is 2.89. The van der Waals surface area contributed by atoms with Crippen molar-refractivity contribution in [2.24, 2.45) is 0 Å². The summed E-state index contributed by atoms with van der Waals surface area (Å²) in [6, 6.07) is 9.01. The van der Waals surface area contributed by atoms with E-state index in [0.29, 0.717) is 6.61 Å². The van der Waals surface area contributed by atoms with Gasteiger partial charge in [-0.25, -0.2) is 4.79 Å². The number of rotatable bonds is 4. The Morgan fingerprint density at radius 1 is 1.07 bits per heavy atom. The van der Waals surface area contributed by atoms with Gasteiger partial charge in [-0.15, -0.1) is 0 Å². The largest absolute Gasteiger partial charge is 0.445 e. The summed E-state index contributed by atoms with van der Waals surface area (Å²) in [5.41, 5.74) is 0.908. The predicted molar refractivity (Wildman–Crippen MR) is 97.2 cm³/mol. The number of amides is 1. The van der Waals surface area contributed by atoms with Gasteiger partial charge in [0.1, 0.15) is 24.9 Å². The van der Waals surface area contributed by atoms with Crippen molar-refractivity contribution in [3.63, 3.8) is 0 Å². The first-order chi connectivity index (χ1) is 13.2. The van der Waals surface area contributed by atoms with Gasteiger partial charge in [0.2, 0.25) is 0 Å². The van der Waals surface area contributed by atoms with Crippen LogP contribution in [-0.4, -0.2) is 54.9 Å². The van der Waals surface area contributed by atoms with Crippen LogP contribution in [0.15, 0.2) is 30.3 Å². The van der Waals surface area contributed by atoms with E-state index in [1.165, 1.54) is 0 Å². The lowest BCUT2D eigenvalue weighted by Gasteiger charge is -2.29. The summed E-state index contributed by atoms with van der Waals surface area (Å²) in [4.78, 5) is 12.5. The molecule has 1 N–H and O–H groups in total. The van der Waals surface area contributed by atoms with Gasteiger partial charge in [-0.1, -0.05) is 30.3 Å². The van der Waals surface area contributed by atoms with E-state index in [4.69, 9.17) is 28.4 Å². The topological polar surface area (TPSA) is 84.5 Å². The van der Waals surface area contributed by atoms with Crippen LogP contribution in [0.25, 0.3) is 0 Å². The van der Waals surface area contributed by atoms with E-state index in [9.17, 15) is 4.79 Å². The molecule has 0 aliphatic carbocycles. The molecular weight excluding hydrogens is 366 g/mol. The number of hydrogen-bond donors (Lipinski definition) is 1. The first-order valence-corrected chi connectivity index (χ1v) is 9.53. The number of nitrogens with one attached hydrogen (secondary N) is 1. The van der Waals surface area contributed by atoms with Gasteiger partial charge in [-0.05, 0) is 33.3 Å². The lowest BCUT2D eigenvalue weighted by molar-refractivity contribution is -0.223. The maximum atomic E-state index is 12.5. The normalized spacial score (nSPS) is 35.5. The second kappa shape index (κ2) is 7.27. The molecule has 4 rings (SSSR count). The molecular formula is C20H27NO7. The Labute approximate surface area is 164 Å². The Bertz CT molecular complexity index is 708. The Morgan fingerprint density at radius 3 is 2.50 bits per heavy atom. The molecule has 0 spiro atoms. The molecule has 5 atom stereocenters. The van der Waals surface area contributed by atoms with Gasteiger partial charge < -0.3 is 33.7 Å². The van der Waals surface area contributed by atoms with Crippen LogP contribution in [0, 0.1) is 0 Å². The van der Waals surface area contributed by atoms with Crippen molar-refractivity contribution in [2.75, 3.05) is 6.61 Å². The molecule has 3 aliphatic heterocycles. The number of carbonyl (C=O) groups excluding carboxylic acids is 1. The second-order valence-electron chi connectivity index (χ2n) is 8.17. The Hall–Kier alpha value is -1.71. The number of ether oxygens (including phenoxy) is 6. The molecule has 0 radical (unpaired) electrons. The summed E-state index contributed by atoms with van der Waals surface area (Å²) in [7, 11) is 0. The number of fused-ring (bicyclic) bond motifs is 1. The van der Waals surface area contributed by atoms with Crippen molar-refractivity contribution >= 4 is 6.09 Å². The average molecular weight is 393 g/mol. The van der Waals surface area contributed by atoms with Gasteiger partial charge in [-0.3, -0.25) is 0 Å². The number of benzene rings is 1. The first kappa shape index (κ1) is 19.6. The fourth-order valence-corrected chi connectivity index (χ4v) is 3.79. The molecule has 3 heterocycles. The lowest BCUT2D eigenvalue weighted by atomic mass is 10.0. The summed E-state index contributed by atoms with van der Waals surface area (Å²) >= 11 is 0. The van der Waals surface area contributed by atoms with E-state index in [1.54, 1.807) is 0 Å². The Kier molecular flexibility index (Phi) is 5.09. The average Bonchev–Trinajstić information content (AvgIpc) is 3.24. The van der Waals surface area contributed by atoms with E-state index < -0.39 is 42.2 Å². The molecule has 3 aliphatic rings. The van der Waals surface area contributed by atoms with Crippen molar-refractivity contribution in [2.45, 2.75) is 76.5 Å². The number of hydrogen-bond acceptors (Lipinski definition) is 7. The van der Waals surface area contributed by atoms with Crippen molar-refractivity contribution in [3.05, 3.63) is 35.9 Å². The maximum Gasteiger partial charge on any atom is 0.407 e. The SMILES string of the molecule is CC1(C)O[C@@H]2O[C@@H]([C@@H]3COC(C)(C)O3)[C@H](NC(=O)OCc3ccccc3)[C@H]2O1. The molecule has 1 aromatic carbocycles. The van der Waals surface area contributed by atoms with Crippen LogP contribution >= 0.6 is 0 Å². The summed E-state index contributed by atoms with van der Waals surface area (Å²) < 4.78 is 34.8. The highest BCUT2D eigenvalue weighted by atomic mass is 16.8. The molecule has 28 heavy (non-hydrogen) atoms. The van der Waals surface area contributed by atoms with E-state index in [-0.39, 0.29) is 12.7 Å². The molecule has 0 bridgehead atoms. The van der Waals surface area contributed by atoms with Crippen LogP contribution in [-0.2, 0) is 35.0 Å². The molecule has 0 saturated carbocycles. The summed E-state index contributed by atoms with van der Waals surface area (Å²) in [6.07, 6.45) is -2.43. The molecule has 1 aromatic rings. The van der Waals surface area contributed by atoms with Crippen molar-refractivity contribution in [1.29, 1.82) is 0 Å². The zero-order valence-electron chi connectivity index (χ0n) is 16.5. The lowest BCUT2D eigenvalue weighted by Crippen LogP contribution is -2.52. The van der Waals surface area contributed by atoms with Crippen LogP contribution < -0.4 is 5.32 Å². The second-order valence-corrected chi connectivity index (χ2v) is 8.17. The quantitative estimate of drug-likeness (QED) is 0.840. The molecule has 1 amide bonds. The highest BCUT2D eigenvalue weighted by molar-refractivity contribution is 5.68. The molecule has 154 valence electrons. The van der Waals surface area contributed by atoms with Crippen molar-refractivity contribution in [1.82, 2.24) is 5.32 Å². The molecule has 3 fully saturated rings. The Morgan fingerprint density at radius 2 is 1.82 bits per heavy atom. The van der Waals surface area contributed by atoms with Gasteiger partial charge in [0.15, 0.2) is 17.9 Å². The van der Waals surface area contributed by atoms with Gasteiger partial charge in [0.05, 0.1) is 12.6 Å². The molecule has 3 saturated heterocycles. The molecule has 0 aromatic heterocycles. The van der Waals surface area contributed by atoms with Crippen LogP contribution in [0.1, 0.15) is 33.3 Å². The third kappa shape index (κ3) is 4.16. The van der Waals surface area contributed by atoms with Crippen LogP contribution in [0.2, 0.25) is 0 Å². The van der Waals surface area contributed by atoms with Crippen LogP contribution in [0.5, 0.6) is 0 Å². The van der Waals surface area contributed by atoms with Gasteiger partial charge >= 0.3 is 6.09 Å². The van der Waals surface area contributed by atoms with E-state index in [0.717, 1.165) is 5.56 Å². The number of alkyl carbamates (subject to hydrolysis) is 1. The van der Waals surface area contributed by atoms with Gasteiger partial charge in [0.25, 0.3) is 0 Å². The Balaban J connectivity index is 1.43. The van der Waals surface area contributed by atoms with E-state index >= 15 is 0 Å². The van der Waals surface area contributed by atoms with Crippen LogP contribution in [0.4, 0.5) is 4.79 Å². The minimum atomic E-state index is -0.791. The summed E-state index contributed by atoms with van der Waals surface area (Å²) in [6.45, 7) is 7.85. The zero-order valence-corrected chi connectivity index (χ0v) is 16.5. The smallest absolute Gasteiger partial charge is 0.407 e. The van der Waals surface area contributed by atoms with Gasteiger partial charge in [0, 0.05) is 0 Å². The van der Waals surface area contributed by atoms with Crippen molar-refractivity contribution in [3.8, 4) is 0 Å². The maximum absolute atomic E-state index is 12.5. The third-order valence-corrected chi connectivity index (χ3v) is 4.98. The van der Waals surface area contributed by atoms with Gasteiger partial charge in [-0.2, -0.15) is 0 Å². The minimum Gasteiger partial charge on any atom is -0.445 e. The van der Waals surface area contributed by atoms with Crippen molar-refractivity contribution < 1.29 is 33.2 Å².